The number of nitrogens with zero attached hydrogens (tertiary/aromatic N) is 5. The highest BCUT2D eigenvalue weighted by atomic mass is 32.2. The number of fused-ring (bicyclic) bond motifs is 3. The first-order chi connectivity index (χ1) is 15.1. The van der Waals surface area contributed by atoms with Crippen molar-refractivity contribution in [2.24, 2.45) is 0 Å². The molecule has 0 amide bonds. The molecule has 3 aromatic rings. The van der Waals surface area contributed by atoms with Gasteiger partial charge in [-0.15, -0.1) is 11.8 Å². The van der Waals surface area contributed by atoms with Crippen LogP contribution < -0.4 is 4.90 Å². The molecule has 1 aliphatic carbocycles. The third-order valence-corrected chi connectivity index (χ3v) is 6.45. The lowest BCUT2D eigenvalue weighted by Gasteiger charge is -2.28. The summed E-state index contributed by atoms with van der Waals surface area (Å²) >= 11 is 1.65. The molecule has 2 N–H and O–H groups in total. The number of hydrogen-bond donors (Lipinski definition) is 2. The normalized spacial score (nSPS) is 15.6. The van der Waals surface area contributed by atoms with Gasteiger partial charge < -0.3 is 19.7 Å². The zero-order valence-electron chi connectivity index (χ0n) is 18.5. The van der Waals surface area contributed by atoms with Crippen molar-refractivity contribution < 1.29 is 10.2 Å². The number of imidazole rings is 1. The minimum Gasteiger partial charge on any atom is -0.392 e. The number of aromatic nitrogens is 4. The van der Waals surface area contributed by atoms with E-state index in [1.807, 2.05) is 12.3 Å². The monoisotopic (exact) mass is 441 g/mol. The lowest BCUT2D eigenvalue weighted by atomic mass is 10.2. The quantitative estimate of drug-likeness (QED) is 0.582. The summed E-state index contributed by atoms with van der Waals surface area (Å²) in [5.41, 5.74) is 4.81. The Labute approximate surface area is 187 Å². The van der Waals surface area contributed by atoms with Gasteiger partial charge in [-0.3, -0.25) is 0 Å². The summed E-state index contributed by atoms with van der Waals surface area (Å²) in [5, 5.41) is 19.2. The number of rotatable bonds is 5. The highest BCUT2D eigenvalue weighted by Crippen LogP contribution is 2.41. The van der Waals surface area contributed by atoms with Crippen LogP contribution in [0.1, 0.15) is 61.7 Å². The zero-order chi connectivity index (χ0) is 22.0. The number of hydrogen-bond acceptors (Lipinski definition) is 7. The summed E-state index contributed by atoms with van der Waals surface area (Å²) in [5.74, 6) is 2.18. The predicted molar refractivity (Wildman–Crippen MR) is 124 cm³/mol. The number of benzene rings is 1. The van der Waals surface area contributed by atoms with E-state index in [1.165, 1.54) is 6.42 Å². The number of anilines is 1. The lowest BCUT2D eigenvalue weighted by Crippen LogP contribution is -2.35. The van der Waals surface area contributed by atoms with Crippen molar-refractivity contribution >= 4 is 28.7 Å². The van der Waals surface area contributed by atoms with Crippen molar-refractivity contribution in [3.63, 3.8) is 0 Å². The molecule has 0 radical (unpaired) electrons. The molecule has 1 saturated carbocycles. The van der Waals surface area contributed by atoms with Crippen molar-refractivity contribution in [1.82, 2.24) is 19.5 Å². The maximum atomic E-state index is 9.63. The van der Waals surface area contributed by atoms with E-state index >= 15 is 0 Å². The first kappa shape index (κ1) is 22.0. The molecule has 1 fully saturated rings. The zero-order valence-corrected chi connectivity index (χ0v) is 19.3. The summed E-state index contributed by atoms with van der Waals surface area (Å²) in [6, 6.07) is 4.13. The van der Waals surface area contributed by atoms with Crippen LogP contribution in [0.15, 0.2) is 23.2 Å². The molecule has 1 aliphatic heterocycles. The van der Waals surface area contributed by atoms with Crippen molar-refractivity contribution in [2.75, 3.05) is 17.7 Å². The van der Waals surface area contributed by atoms with E-state index in [1.54, 1.807) is 18.0 Å². The Morgan fingerprint density at radius 1 is 1.06 bits per heavy atom. The van der Waals surface area contributed by atoms with Crippen LogP contribution in [-0.2, 0) is 26.3 Å². The second-order valence-electron chi connectivity index (χ2n) is 8.13. The van der Waals surface area contributed by atoms with E-state index in [0.29, 0.717) is 12.5 Å². The summed E-state index contributed by atoms with van der Waals surface area (Å²) < 4.78 is 2.26. The lowest BCUT2D eigenvalue weighted by molar-refractivity contribution is 0.279. The molecule has 7 nitrogen and oxygen atoms in total. The first-order valence-electron chi connectivity index (χ1n) is 11.0. The summed E-state index contributed by atoms with van der Waals surface area (Å²) in [6.07, 6.45) is 7.33. The van der Waals surface area contributed by atoms with Gasteiger partial charge in [0.15, 0.2) is 0 Å². The third kappa shape index (κ3) is 4.42. The van der Waals surface area contributed by atoms with Crippen molar-refractivity contribution in [3.8, 4) is 0 Å². The largest absolute Gasteiger partial charge is 0.392 e. The molecule has 1 aromatic carbocycles. The van der Waals surface area contributed by atoms with Crippen LogP contribution in [0.25, 0.3) is 11.0 Å². The topological polar surface area (TPSA) is 87.3 Å². The Kier molecular flexibility index (Phi) is 6.79. The van der Waals surface area contributed by atoms with Crippen LogP contribution in [-0.4, -0.2) is 42.5 Å². The Morgan fingerprint density at radius 2 is 1.81 bits per heavy atom. The second kappa shape index (κ2) is 9.54. The van der Waals surface area contributed by atoms with Gasteiger partial charge >= 0.3 is 0 Å². The number of thioether (sulfide) groups is 1. The molecule has 2 aliphatic rings. The van der Waals surface area contributed by atoms with Crippen molar-refractivity contribution in [2.45, 2.75) is 70.2 Å². The fourth-order valence-electron chi connectivity index (χ4n) is 3.96. The van der Waals surface area contributed by atoms with Gasteiger partial charge in [0.2, 0.25) is 5.95 Å². The summed E-state index contributed by atoms with van der Waals surface area (Å²) in [7, 11) is 0. The van der Waals surface area contributed by atoms with Crippen LogP contribution in [0.5, 0.6) is 0 Å². The van der Waals surface area contributed by atoms with Gasteiger partial charge in [0.1, 0.15) is 5.82 Å². The van der Waals surface area contributed by atoms with Crippen LogP contribution in [0.3, 0.4) is 0 Å². The molecule has 0 saturated heterocycles. The van der Waals surface area contributed by atoms with Gasteiger partial charge in [0.25, 0.3) is 0 Å². The Hall–Kier alpha value is -2.16. The van der Waals surface area contributed by atoms with E-state index in [4.69, 9.17) is 9.97 Å². The molecule has 8 heteroatoms. The smallest absolute Gasteiger partial charge is 0.226 e. The van der Waals surface area contributed by atoms with Crippen LogP contribution >= 0.6 is 11.8 Å². The third-order valence-electron chi connectivity index (χ3n) is 5.63. The van der Waals surface area contributed by atoms with Crippen LogP contribution in [0.2, 0.25) is 0 Å². The SMILES string of the molecule is CCC.CSc1cc2c(cc1CO)nc1n2CCN(c2ncc(CO)c(C3CC3)n2)C1. The molecule has 166 valence electrons. The highest BCUT2D eigenvalue weighted by molar-refractivity contribution is 7.98. The molecule has 0 unspecified atom stereocenters. The molecule has 2 aromatic heterocycles. The average molecular weight is 442 g/mol. The van der Waals surface area contributed by atoms with E-state index < -0.39 is 0 Å². The van der Waals surface area contributed by atoms with Gasteiger partial charge in [-0.2, -0.15) is 0 Å². The highest BCUT2D eigenvalue weighted by Gasteiger charge is 2.29. The summed E-state index contributed by atoms with van der Waals surface area (Å²) in [6.45, 7) is 6.56. The first-order valence-corrected chi connectivity index (χ1v) is 12.2. The van der Waals surface area contributed by atoms with E-state index in [0.717, 1.165) is 70.5 Å². The molecule has 0 spiro atoms. The van der Waals surface area contributed by atoms with Gasteiger partial charge in [0.05, 0.1) is 36.5 Å². The molecule has 0 atom stereocenters. The Morgan fingerprint density at radius 3 is 2.45 bits per heavy atom. The standard InChI is InChI=1S/C20H23N5O2S.C3H8/c1-28-17-7-16-15(6-13(17)10-26)22-18-9-24(4-5-25(16)18)20-21-8-14(11-27)19(23-20)12-2-3-12;1-3-2/h6-8,12,26-27H,2-5,9-11H2,1H3;3H2,1-2H3. The molecule has 31 heavy (non-hydrogen) atoms. The fraction of sp³-hybridized carbons (Fsp3) is 0.522. The molecule has 0 bridgehead atoms. The molecular weight excluding hydrogens is 410 g/mol. The van der Waals surface area contributed by atoms with Crippen molar-refractivity contribution in [3.05, 3.63) is 41.0 Å². The average Bonchev–Trinajstić information content (AvgIpc) is 3.59. The predicted octanol–water partition coefficient (Wildman–Crippen LogP) is 3.85. The van der Waals surface area contributed by atoms with Gasteiger partial charge in [-0.1, -0.05) is 20.3 Å². The van der Waals surface area contributed by atoms with E-state index in [2.05, 4.69) is 34.4 Å². The maximum absolute atomic E-state index is 9.63. The molecule has 3 heterocycles. The van der Waals surface area contributed by atoms with Gasteiger partial charge in [-0.05, 0) is 36.8 Å². The molecular formula is C23H31N5O2S. The van der Waals surface area contributed by atoms with Crippen molar-refractivity contribution in [1.29, 1.82) is 0 Å². The number of aliphatic hydroxyl groups excluding tert-OH is 2. The van der Waals surface area contributed by atoms with Gasteiger partial charge in [-0.25, -0.2) is 15.0 Å². The van der Waals surface area contributed by atoms with Crippen LogP contribution in [0, 0.1) is 0 Å². The Bertz CT molecular complexity index is 1060. The minimum atomic E-state index is -0.00707. The second-order valence-corrected chi connectivity index (χ2v) is 8.98. The van der Waals surface area contributed by atoms with E-state index in [-0.39, 0.29) is 13.2 Å². The summed E-state index contributed by atoms with van der Waals surface area (Å²) in [4.78, 5) is 17.4. The number of aliphatic hydroxyl groups is 2. The van der Waals surface area contributed by atoms with E-state index in [9.17, 15) is 10.2 Å². The maximum Gasteiger partial charge on any atom is 0.226 e. The fourth-order valence-corrected chi connectivity index (χ4v) is 4.58. The van der Waals surface area contributed by atoms with Gasteiger partial charge in [0, 0.05) is 35.7 Å². The van der Waals surface area contributed by atoms with Crippen LogP contribution in [0.4, 0.5) is 5.95 Å². The molecule has 5 rings (SSSR count). The Balaban J connectivity index is 0.000000730. The minimum absolute atomic E-state index is 0.00707.